The monoisotopic (exact) mass is 498 g/mol. The van der Waals surface area contributed by atoms with Gasteiger partial charge in [-0.2, -0.15) is 0 Å². The van der Waals surface area contributed by atoms with E-state index < -0.39 is 12.0 Å². The predicted molar refractivity (Wildman–Crippen MR) is 131 cm³/mol. The van der Waals surface area contributed by atoms with E-state index in [9.17, 15) is 9.59 Å². The quantitative estimate of drug-likeness (QED) is 0.486. The molecular weight excluding hydrogens is 476 g/mol. The molecule has 3 aromatic rings. The summed E-state index contributed by atoms with van der Waals surface area (Å²) >= 11 is 7.76. The van der Waals surface area contributed by atoms with E-state index in [0.717, 1.165) is 5.56 Å². The van der Waals surface area contributed by atoms with E-state index in [4.69, 9.17) is 25.8 Å². The lowest BCUT2D eigenvalue weighted by atomic mass is 9.96. The molecule has 0 saturated heterocycles. The van der Waals surface area contributed by atoms with Crippen LogP contribution in [0.5, 0.6) is 11.5 Å². The Balaban J connectivity index is 1.95. The van der Waals surface area contributed by atoms with Gasteiger partial charge < -0.3 is 14.2 Å². The lowest BCUT2D eigenvalue weighted by Gasteiger charge is -2.25. The number of nitrogens with zero attached hydrogens (tertiary/aromatic N) is 2. The molecule has 0 N–H and O–H groups in total. The SMILES string of the molecule is CCOC(=O)C1=C(C)N=c2s/c(=C/c3ccc(OC)c(OC)c3)c(=O)n2[C@@H]1c1ccccc1Cl. The first-order chi connectivity index (χ1) is 16.4. The molecule has 0 spiro atoms. The van der Waals surface area contributed by atoms with Gasteiger partial charge in [-0.1, -0.05) is 47.2 Å². The first kappa shape index (κ1) is 23.8. The van der Waals surface area contributed by atoms with Gasteiger partial charge in [-0.25, -0.2) is 9.79 Å². The highest BCUT2D eigenvalue weighted by molar-refractivity contribution is 7.07. The van der Waals surface area contributed by atoms with Crippen molar-refractivity contribution in [1.29, 1.82) is 0 Å². The largest absolute Gasteiger partial charge is 0.493 e. The first-order valence-electron chi connectivity index (χ1n) is 10.6. The molecule has 0 radical (unpaired) electrons. The molecule has 0 fully saturated rings. The standard InChI is InChI=1S/C25H23ClN2O5S/c1-5-33-24(30)21-14(2)27-25-28(22(21)16-8-6-7-9-17(16)26)23(29)20(34-25)13-15-10-11-18(31-3)19(12-15)32-4/h6-13,22H,5H2,1-4H3/b20-13+/t22-/m1/s1. The molecule has 0 bridgehead atoms. The van der Waals surface area contributed by atoms with Crippen LogP contribution in [0, 0.1) is 0 Å². The molecular formula is C25H23ClN2O5S. The van der Waals surface area contributed by atoms with Gasteiger partial charge in [-0.05, 0) is 49.2 Å². The maximum absolute atomic E-state index is 13.6. The summed E-state index contributed by atoms with van der Waals surface area (Å²) in [5, 5.41) is 0.443. The number of hydrogen-bond donors (Lipinski definition) is 0. The van der Waals surface area contributed by atoms with Gasteiger partial charge in [0, 0.05) is 5.02 Å². The van der Waals surface area contributed by atoms with Crippen LogP contribution in [0.4, 0.5) is 0 Å². The number of halogens is 1. The van der Waals surface area contributed by atoms with Gasteiger partial charge >= 0.3 is 5.97 Å². The number of carbonyl (C=O) groups excluding carboxylic acids is 1. The number of esters is 1. The summed E-state index contributed by atoms with van der Waals surface area (Å²) in [5.41, 5.74) is 1.89. The summed E-state index contributed by atoms with van der Waals surface area (Å²) in [5.74, 6) is 0.621. The third-order valence-electron chi connectivity index (χ3n) is 5.42. The van der Waals surface area contributed by atoms with E-state index in [1.807, 2.05) is 12.1 Å². The van der Waals surface area contributed by atoms with Gasteiger partial charge in [0.25, 0.3) is 5.56 Å². The highest BCUT2D eigenvalue weighted by Crippen LogP contribution is 2.34. The lowest BCUT2D eigenvalue weighted by molar-refractivity contribution is -0.139. The molecule has 1 atom stereocenters. The number of ether oxygens (including phenoxy) is 3. The molecule has 1 aliphatic heterocycles. The van der Waals surface area contributed by atoms with Crippen molar-refractivity contribution in [2.45, 2.75) is 19.9 Å². The van der Waals surface area contributed by atoms with Crippen LogP contribution in [0.2, 0.25) is 5.02 Å². The van der Waals surface area contributed by atoms with Crippen molar-refractivity contribution >= 4 is 35.0 Å². The van der Waals surface area contributed by atoms with Crippen LogP contribution < -0.4 is 24.4 Å². The third kappa shape index (κ3) is 4.26. The van der Waals surface area contributed by atoms with Gasteiger partial charge in [-0.15, -0.1) is 0 Å². The Bertz CT molecular complexity index is 1470. The lowest BCUT2D eigenvalue weighted by Crippen LogP contribution is -2.40. The van der Waals surface area contributed by atoms with Crippen molar-refractivity contribution in [3.05, 3.63) is 89.6 Å². The summed E-state index contributed by atoms with van der Waals surface area (Å²) in [6.07, 6.45) is 1.76. The molecule has 176 valence electrons. The maximum Gasteiger partial charge on any atom is 0.338 e. The van der Waals surface area contributed by atoms with Gasteiger partial charge in [0.15, 0.2) is 16.3 Å². The number of fused-ring (bicyclic) bond motifs is 1. The molecule has 1 aromatic heterocycles. The smallest absolute Gasteiger partial charge is 0.338 e. The van der Waals surface area contributed by atoms with Crippen LogP contribution in [-0.4, -0.2) is 31.4 Å². The molecule has 34 heavy (non-hydrogen) atoms. The topological polar surface area (TPSA) is 79.1 Å². The average molecular weight is 499 g/mol. The zero-order valence-electron chi connectivity index (χ0n) is 19.1. The van der Waals surface area contributed by atoms with Crippen molar-refractivity contribution in [2.24, 2.45) is 4.99 Å². The zero-order chi connectivity index (χ0) is 24.4. The molecule has 0 aliphatic carbocycles. The van der Waals surface area contributed by atoms with Crippen LogP contribution in [0.15, 0.2) is 63.5 Å². The van der Waals surface area contributed by atoms with Gasteiger partial charge in [-0.3, -0.25) is 9.36 Å². The third-order valence-corrected chi connectivity index (χ3v) is 6.75. The van der Waals surface area contributed by atoms with Crippen LogP contribution in [0.1, 0.15) is 31.0 Å². The van der Waals surface area contributed by atoms with E-state index in [1.165, 1.54) is 15.9 Å². The number of rotatable bonds is 6. The van der Waals surface area contributed by atoms with E-state index >= 15 is 0 Å². The minimum absolute atomic E-state index is 0.203. The van der Waals surface area contributed by atoms with E-state index in [-0.39, 0.29) is 12.2 Å². The number of allylic oxidation sites excluding steroid dienone is 1. The second-order valence-electron chi connectivity index (χ2n) is 7.44. The highest BCUT2D eigenvalue weighted by atomic mass is 35.5. The minimum atomic E-state index is -0.753. The number of methoxy groups -OCH3 is 2. The summed E-state index contributed by atoms with van der Waals surface area (Å²) < 4.78 is 17.9. The van der Waals surface area contributed by atoms with Gasteiger partial charge in [0.2, 0.25) is 0 Å². The molecule has 7 nitrogen and oxygen atoms in total. The number of aromatic nitrogens is 1. The van der Waals surface area contributed by atoms with E-state index in [0.29, 0.717) is 42.7 Å². The van der Waals surface area contributed by atoms with Crippen molar-refractivity contribution in [2.75, 3.05) is 20.8 Å². The summed E-state index contributed by atoms with van der Waals surface area (Å²) in [6, 6.07) is 11.8. The predicted octanol–water partition coefficient (Wildman–Crippen LogP) is 3.47. The molecule has 0 saturated carbocycles. The maximum atomic E-state index is 13.6. The minimum Gasteiger partial charge on any atom is -0.493 e. The molecule has 0 unspecified atom stereocenters. The molecule has 2 heterocycles. The second-order valence-corrected chi connectivity index (χ2v) is 8.85. The Morgan fingerprint density at radius 1 is 1.18 bits per heavy atom. The van der Waals surface area contributed by atoms with E-state index in [1.54, 1.807) is 64.5 Å². The number of carbonyl (C=O) groups is 1. The fraction of sp³-hybridized carbons (Fsp3) is 0.240. The van der Waals surface area contributed by atoms with Crippen LogP contribution >= 0.6 is 22.9 Å². The summed E-state index contributed by atoms with van der Waals surface area (Å²) in [6.45, 7) is 3.67. The Labute approximate surface area is 205 Å². The average Bonchev–Trinajstić information content (AvgIpc) is 3.13. The summed E-state index contributed by atoms with van der Waals surface area (Å²) in [4.78, 5) is 31.6. The number of hydrogen-bond acceptors (Lipinski definition) is 7. The fourth-order valence-electron chi connectivity index (χ4n) is 3.88. The van der Waals surface area contributed by atoms with Crippen LogP contribution in [-0.2, 0) is 9.53 Å². The van der Waals surface area contributed by atoms with Crippen molar-refractivity contribution < 1.29 is 19.0 Å². The van der Waals surface area contributed by atoms with Crippen LogP contribution in [0.3, 0.4) is 0 Å². The number of thiazole rings is 1. The van der Waals surface area contributed by atoms with E-state index in [2.05, 4.69) is 4.99 Å². The summed E-state index contributed by atoms with van der Waals surface area (Å²) in [7, 11) is 3.12. The fourth-order valence-corrected chi connectivity index (χ4v) is 5.16. The van der Waals surface area contributed by atoms with Crippen molar-refractivity contribution in [3.63, 3.8) is 0 Å². The molecule has 0 amide bonds. The first-order valence-corrected chi connectivity index (χ1v) is 11.7. The Morgan fingerprint density at radius 3 is 2.59 bits per heavy atom. The second kappa shape index (κ2) is 9.87. The van der Waals surface area contributed by atoms with Crippen molar-refractivity contribution in [3.8, 4) is 11.5 Å². The normalized spacial score (nSPS) is 15.6. The molecule has 2 aromatic carbocycles. The molecule has 4 rings (SSSR count). The Hall–Kier alpha value is -3.36. The highest BCUT2D eigenvalue weighted by Gasteiger charge is 2.34. The van der Waals surface area contributed by atoms with Crippen molar-refractivity contribution in [1.82, 2.24) is 4.57 Å². The van der Waals surface area contributed by atoms with Gasteiger partial charge in [0.05, 0.1) is 36.6 Å². The molecule has 1 aliphatic rings. The van der Waals surface area contributed by atoms with Crippen LogP contribution in [0.25, 0.3) is 6.08 Å². The van der Waals surface area contributed by atoms with Gasteiger partial charge in [0.1, 0.15) is 6.04 Å². The Morgan fingerprint density at radius 2 is 1.91 bits per heavy atom. The number of benzene rings is 2. The Kier molecular flexibility index (Phi) is 6.90. The molecule has 9 heteroatoms. The zero-order valence-corrected chi connectivity index (χ0v) is 20.7.